The largest absolute Gasteiger partial charge is 0.479 e. The molecule has 0 aliphatic rings. The van der Waals surface area contributed by atoms with E-state index in [9.17, 15) is 4.79 Å². The highest BCUT2D eigenvalue weighted by atomic mass is 16.5. The molecule has 19 heavy (non-hydrogen) atoms. The normalized spacial score (nSPS) is 9.68. The number of amides is 1. The molecule has 1 amide bonds. The van der Waals surface area contributed by atoms with Crippen molar-refractivity contribution in [2.75, 3.05) is 11.9 Å². The van der Waals surface area contributed by atoms with Crippen molar-refractivity contribution in [3.63, 3.8) is 0 Å². The van der Waals surface area contributed by atoms with Gasteiger partial charge < -0.3 is 14.6 Å². The number of hydrogen-bond donors (Lipinski definition) is 1. The SMILES string of the molecule is Cn1cncc1C(=O)Nc1ccc(OCC#N)cc1. The topological polar surface area (TPSA) is 79.9 Å². The van der Waals surface area contributed by atoms with E-state index in [4.69, 9.17) is 10.00 Å². The van der Waals surface area contributed by atoms with Gasteiger partial charge in [0.1, 0.15) is 17.5 Å². The van der Waals surface area contributed by atoms with Crippen LogP contribution in [0.2, 0.25) is 0 Å². The molecule has 0 saturated heterocycles. The maximum absolute atomic E-state index is 11.9. The van der Waals surface area contributed by atoms with Crippen molar-refractivity contribution in [2.45, 2.75) is 0 Å². The van der Waals surface area contributed by atoms with E-state index in [-0.39, 0.29) is 12.5 Å². The number of ether oxygens (including phenoxy) is 1. The average Bonchev–Trinajstić information content (AvgIpc) is 2.84. The Kier molecular flexibility index (Phi) is 3.78. The number of nitrogens with one attached hydrogen (secondary N) is 1. The van der Waals surface area contributed by atoms with E-state index in [1.165, 1.54) is 6.20 Å². The molecule has 0 bridgehead atoms. The quantitative estimate of drug-likeness (QED) is 0.900. The van der Waals surface area contributed by atoms with Gasteiger partial charge in [-0.15, -0.1) is 0 Å². The van der Waals surface area contributed by atoms with Crippen molar-refractivity contribution in [1.82, 2.24) is 9.55 Å². The zero-order valence-corrected chi connectivity index (χ0v) is 10.3. The number of benzene rings is 1. The second-order valence-electron chi connectivity index (χ2n) is 3.82. The molecule has 1 aromatic carbocycles. The highest BCUT2D eigenvalue weighted by Crippen LogP contribution is 2.16. The molecule has 0 aliphatic heterocycles. The van der Waals surface area contributed by atoms with Crippen LogP contribution in [0.3, 0.4) is 0 Å². The van der Waals surface area contributed by atoms with E-state index in [1.54, 1.807) is 42.2 Å². The molecule has 1 heterocycles. The zero-order valence-electron chi connectivity index (χ0n) is 10.3. The highest BCUT2D eigenvalue weighted by molar-refractivity contribution is 6.02. The lowest BCUT2D eigenvalue weighted by Crippen LogP contribution is -2.15. The van der Waals surface area contributed by atoms with Crippen LogP contribution >= 0.6 is 0 Å². The Morgan fingerprint density at radius 1 is 1.47 bits per heavy atom. The molecule has 0 saturated carbocycles. The van der Waals surface area contributed by atoms with Gasteiger partial charge in [0.2, 0.25) is 0 Å². The van der Waals surface area contributed by atoms with Crippen LogP contribution < -0.4 is 10.1 Å². The minimum atomic E-state index is -0.231. The van der Waals surface area contributed by atoms with Gasteiger partial charge in [0.25, 0.3) is 5.91 Å². The minimum Gasteiger partial charge on any atom is -0.479 e. The lowest BCUT2D eigenvalue weighted by molar-refractivity contribution is 0.101. The smallest absolute Gasteiger partial charge is 0.273 e. The van der Waals surface area contributed by atoms with Crippen LogP contribution in [0, 0.1) is 11.3 Å². The van der Waals surface area contributed by atoms with E-state index >= 15 is 0 Å². The van der Waals surface area contributed by atoms with Gasteiger partial charge in [0.15, 0.2) is 6.61 Å². The Bertz CT molecular complexity index is 610. The van der Waals surface area contributed by atoms with Gasteiger partial charge in [-0.1, -0.05) is 0 Å². The van der Waals surface area contributed by atoms with Gasteiger partial charge in [-0.05, 0) is 24.3 Å². The molecular formula is C13H12N4O2. The summed E-state index contributed by atoms with van der Waals surface area (Å²) in [5.74, 6) is 0.353. The summed E-state index contributed by atoms with van der Waals surface area (Å²) in [6, 6.07) is 8.69. The van der Waals surface area contributed by atoms with Crippen LogP contribution in [0.25, 0.3) is 0 Å². The molecule has 0 spiro atoms. The van der Waals surface area contributed by atoms with Crippen molar-refractivity contribution in [2.24, 2.45) is 7.05 Å². The summed E-state index contributed by atoms with van der Waals surface area (Å²) >= 11 is 0. The van der Waals surface area contributed by atoms with Crippen molar-refractivity contribution in [1.29, 1.82) is 5.26 Å². The zero-order chi connectivity index (χ0) is 13.7. The number of rotatable bonds is 4. The second kappa shape index (κ2) is 5.69. The molecule has 6 nitrogen and oxygen atoms in total. The Morgan fingerprint density at radius 3 is 2.79 bits per heavy atom. The molecule has 0 unspecified atom stereocenters. The van der Waals surface area contributed by atoms with Crippen LogP contribution in [-0.2, 0) is 7.05 Å². The Labute approximate surface area is 110 Å². The van der Waals surface area contributed by atoms with Crippen molar-refractivity contribution >= 4 is 11.6 Å². The first-order valence-electron chi connectivity index (χ1n) is 5.58. The first-order chi connectivity index (χ1) is 9.20. The number of imidazole rings is 1. The number of anilines is 1. The van der Waals surface area contributed by atoms with Gasteiger partial charge in [-0.2, -0.15) is 5.26 Å². The average molecular weight is 256 g/mol. The van der Waals surface area contributed by atoms with Crippen LogP contribution in [0.15, 0.2) is 36.8 Å². The van der Waals surface area contributed by atoms with Crippen molar-refractivity contribution in [3.05, 3.63) is 42.5 Å². The van der Waals surface area contributed by atoms with Gasteiger partial charge >= 0.3 is 0 Å². The number of hydrogen-bond acceptors (Lipinski definition) is 4. The molecule has 2 rings (SSSR count). The van der Waals surface area contributed by atoms with Crippen LogP contribution in [0.5, 0.6) is 5.75 Å². The summed E-state index contributed by atoms with van der Waals surface area (Å²) in [6.45, 7) is 0.000720. The molecule has 6 heteroatoms. The van der Waals surface area contributed by atoms with E-state index < -0.39 is 0 Å². The highest BCUT2D eigenvalue weighted by Gasteiger charge is 2.09. The third-order valence-electron chi connectivity index (χ3n) is 2.46. The fraction of sp³-hybridized carbons (Fsp3) is 0.154. The first kappa shape index (κ1) is 12.6. The Hall–Kier alpha value is -2.81. The van der Waals surface area contributed by atoms with Crippen LogP contribution in [0.1, 0.15) is 10.5 Å². The standard InChI is InChI=1S/C13H12N4O2/c1-17-9-15-8-12(17)13(18)16-10-2-4-11(5-3-10)19-7-6-14/h2-5,8-9H,7H2,1H3,(H,16,18). The maximum Gasteiger partial charge on any atom is 0.273 e. The number of aromatic nitrogens is 2. The number of nitrogens with zero attached hydrogens (tertiary/aromatic N) is 3. The lowest BCUT2D eigenvalue weighted by atomic mass is 10.3. The van der Waals surface area contributed by atoms with Crippen molar-refractivity contribution < 1.29 is 9.53 Å². The molecule has 0 radical (unpaired) electrons. The van der Waals surface area contributed by atoms with Gasteiger partial charge in [-0.25, -0.2) is 4.98 Å². The summed E-state index contributed by atoms with van der Waals surface area (Å²) < 4.78 is 6.76. The Balaban J connectivity index is 2.02. The lowest BCUT2D eigenvalue weighted by Gasteiger charge is -2.06. The predicted molar refractivity (Wildman–Crippen MR) is 68.7 cm³/mol. The van der Waals surface area contributed by atoms with E-state index in [1.807, 2.05) is 6.07 Å². The van der Waals surface area contributed by atoms with E-state index in [0.717, 1.165) is 0 Å². The predicted octanol–water partition coefficient (Wildman–Crippen LogP) is 1.57. The minimum absolute atomic E-state index is 0.000720. The molecule has 1 N–H and O–H groups in total. The fourth-order valence-corrected chi connectivity index (χ4v) is 1.52. The number of carbonyl (C=O) groups is 1. The third-order valence-corrected chi connectivity index (χ3v) is 2.46. The number of nitriles is 1. The van der Waals surface area contributed by atoms with Gasteiger partial charge in [0.05, 0.1) is 12.5 Å². The molecule has 0 atom stereocenters. The molecule has 96 valence electrons. The first-order valence-corrected chi connectivity index (χ1v) is 5.58. The van der Waals surface area contributed by atoms with Crippen LogP contribution in [0.4, 0.5) is 5.69 Å². The third kappa shape index (κ3) is 3.10. The van der Waals surface area contributed by atoms with E-state index in [0.29, 0.717) is 17.1 Å². The Morgan fingerprint density at radius 2 is 2.21 bits per heavy atom. The van der Waals surface area contributed by atoms with Gasteiger partial charge in [-0.3, -0.25) is 4.79 Å². The summed E-state index contributed by atoms with van der Waals surface area (Å²) in [7, 11) is 1.75. The molecule has 2 aromatic rings. The summed E-state index contributed by atoms with van der Waals surface area (Å²) in [5, 5.41) is 11.1. The fourth-order valence-electron chi connectivity index (χ4n) is 1.52. The summed E-state index contributed by atoms with van der Waals surface area (Å²) in [6.07, 6.45) is 3.06. The van der Waals surface area contributed by atoms with Crippen molar-refractivity contribution in [3.8, 4) is 11.8 Å². The molecular weight excluding hydrogens is 244 g/mol. The molecule has 1 aromatic heterocycles. The van der Waals surface area contributed by atoms with Gasteiger partial charge in [0, 0.05) is 12.7 Å². The monoisotopic (exact) mass is 256 g/mol. The number of carbonyl (C=O) groups excluding carboxylic acids is 1. The number of aryl methyl sites for hydroxylation is 1. The van der Waals surface area contributed by atoms with E-state index in [2.05, 4.69) is 10.3 Å². The van der Waals surface area contributed by atoms with Crippen LogP contribution in [-0.4, -0.2) is 22.1 Å². The molecule has 0 fully saturated rings. The maximum atomic E-state index is 11.9. The molecule has 0 aliphatic carbocycles. The summed E-state index contributed by atoms with van der Waals surface area (Å²) in [5.41, 5.74) is 1.13. The second-order valence-corrected chi connectivity index (χ2v) is 3.82. The summed E-state index contributed by atoms with van der Waals surface area (Å²) in [4.78, 5) is 15.8.